The average molecular weight is 682 g/mol. The highest BCUT2D eigenvalue weighted by molar-refractivity contribution is 5.94. The number of rotatable bonds is 20. The second kappa shape index (κ2) is 21.6. The Kier molecular flexibility index (Phi) is 17.3. The van der Waals surface area contributed by atoms with E-state index in [0.29, 0.717) is 77.1 Å². The molecule has 1 N–H and O–H groups in total. The van der Waals surface area contributed by atoms with E-state index in [-0.39, 0.29) is 12.0 Å². The zero-order chi connectivity index (χ0) is 35.3. The molecule has 15 heteroatoms. The van der Waals surface area contributed by atoms with E-state index in [1.165, 1.54) is 0 Å². The third-order valence-corrected chi connectivity index (χ3v) is 7.39. The molecule has 0 aromatic heterocycles. The van der Waals surface area contributed by atoms with Gasteiger partial charge in [0.1, 0.15) is 5.60 Å². The minimum Gasteiger partial charge on any atom is -0.444 e. The number of hydrogen-bond donors (Lipinski definition) is 1. The molecule has 2 amide bonds. The minimum absolute atomic E-state index is 0.194. The predicted molar refractivity (Wildman–Crippen MR) is 188 cm³/mol. The number of hydrogen-bond acceptors (Lipinski definition) is 11. The molecule has 2 aromatic carbocycles. The van der Waals surface area contributed by atoms with Crippen LogP contribution in [0.15, 0.2) is 63.9 Å². The number of likely N-dealkylation sites (N-methyl/N-ethyl adjacent to an activating group) is 1. The van der Waals surface area contributed by atoms with Crippen molar-refractivity contribution in [1.82, 2.24) is 15.1 Å². The fraction of sp³-hybridized carbons (Fsp3) is 0.588. The van der Waals surface area contributed by atoms with E-state index in [1.54, 1.807) is 29.2 Å². The molecule has 0 atom stereocenters. The SMILES string of the molecule is CCN(CCN1CCN(C(=O)OC(C)(C)C)CC1)c1ccc(N=Nc2ccc(C(=O)NCCOCCOCCOCCN=[N+]=[N-])cc2)cc1. The van der Waals surface area contributed by atoms with Crippen LogP contribution in [-0.4, -0.2) is 126 Å². The van der Waals surface area contributed by atoms with Crippen LogP contribution in [0, 0.1) is 0 Å². The molecule has 1 aliphatic rings. The molecule has 0 aliphatic carbocycles. The third-order valence-electron chi connectivity index (χ3n) is 7.39. The van der Waals surface area contributed by atoms with E-state index in [1.807, 2.05) is 32.9 Å². The summed E-state index contributed by atoms with van der Waals surface area (Å²) in [5, 5.41) is 14.9. The third kappa shape index (κ3) is 15.7. The van der Waals surface area contributed by atoms with Crippen LogP contribution in [-0.2, 0) is 18.9 Å². The Hall–Kier alpha value is -4.27. The molecule has 49 heavy (non-hydrogen) atoms. The molecule has 1 saturated heterocycles. The summed E-state index contributed by atoms with van der Waals surface area (Å²) >= 11 is 0. The summed E-state index contributed by atoms with van der Waals surface area (Å²) in [5.41, 5.74) is 10.7. The first-order chi connectivity index (χ1) is 23.7. The molecule has 0 spiro atoms. The van der Waals surface area contributed by atoms with Gasteiger partial charge >= 0.3 is 6.09 Å². The van der Waals surface area contributed by atoms with Crippen molar-refractivity contribution in [2.24, 2.45) is 15.3 Å². The van der Waals surface area contributed by atoms with Crippen LogP contribution in [0.4, 0.5) is 21.9 Å². The van der Waals surface area contributed by atoms with Crippen molar-refractivity contribution in [3.8, 4) is 0 Å². The van der Waals surface area contributed by atoms with Crippen molar-refractivity contribution in [2.75, 3.05) is 103 Å². The summed E-state index contributed by atoms with van der Waals surface area (Å²) in [6.07, 6.45) is -0.238. The number of benzene rings is 2. The molecule has 3 rings (SSSR count). The average Bonchev–Trinajstić information content (AvgIpc) is 3.09. The second-order valence-corrected chi connectivity index (χ2v) is 12.2. The Morgan fingerprint density at radius 1 is 0.857 bits per heavy atom. The zero-order valence-corrected chi connectivity index (χ0v) is 29.3. The van der Waals surface area contributed by atoms with Gasteiger partial charge in [-0.15, -0.1) is 0 Å². The van der Waals surface area contributed by atoms with E-state index >= 15 is 0 Å². The molecule has 15 nitrogen and oxygen atoms in total. The van der Waals surface area contributed by atoms with Gasteiger partial charge in [-0.3, -0.25) is 9.69 Å². The molecular weight excluding hydrogens is 630 g/mol. The minimum atomic E-state index is -0.483. The van der Waals surface area contributed by atoms with Gasteiger partial charge in [-0.05, 0) is 81.8 Å². The number of ether oxygens (including phenoxy) is 4. The lowest BCUT2D eigenvalue weighted by molar-refractivity contribution is 0.0147. The molecule has 1 heterocycles. The van der Waals surface area contributed by atoms with Gasteiger partial charge in [0, 0.05) is 75.1 Å². The number of nitrogens with one attached hydrogen (secondary N) is 1. The largest absolute Gasteiger partial charge is 0.444 e. The number of nitrogens with zero attached hydrogens (tertiary/aromatic N) is 8. The van der Waals surface area contributed by atoms with Gasteiger partial charge in [0.05, 0.1) is 51.0 Å². The number of azo groups is 1. The number of piperazine rings is 1. The van der Waals surface area contributed by atoms with Crippen LogP contribution in [0.25, 0.3) is 10.4 Å². The number of carbonyl (C=O) groups is 2. The summed E-state index contributed by atoms with van der Waals surface area (Å²) in [6, 6.07) is 14.9. The summed E-state index contributed by atoms with van der Waals surface area (Å²) in [5.74, 6) is -0.194. The standard InChI is InChI=1S/C34H51N9O6/c1-5-42(19-16-41-17-20-43(21-18-41)33(45)49-34(2,3)4)31-12-10-30(11-13-31)39-38-29-8-6-28(7-9-29)32(44)36-14-22-46-24-26-48-27-25-47-23-15-37-40-35/h6-13H,5,14-27H2,1-4H3,(H,36,44). The van der Waals surface area contributed by atoms with Crippen molar-refractivity contribution in [1.29, 1.82) is 0 Å². The quantitative estimate of drug-likeness (QED) is 0.0820. The maximum Gasteiger partial charge on any atom is 0.410 e. The summed E-state index contributed by atoms with van der Waals surface area (Å²) in [7, 11) is 0. The van der Waals surface area contributed by atoms with Crippen molar-refractivity contribution < 1.29 is 28.5 Å². The fourth-order valence-corrected chi connectivity index (χ4v) is 4.77. The van der Waals surface area contributed by atoms with Crippen LogP contribution in [0.5, 0.6) is 0 Å². The summed E-state index contributed by atoms with van der Waals surface area (Å²) in [6.45, 7) is 16.6. The monoisotopic (exact) mass is 681 g/mol. The number of carbonyl (C=O) groups excluding carboxylic acids is 2. The summed E-state index contributed by atoms with van der Waals surface area (Å²) in [4.78, 5) is 33.9. The van der Waals surface area contributed by atoms with Crippen LogP contribution in [0.3, 0.4) is 0 Å². The van der Waals surface area contributed by atoms with E-state index in [9.17, 15) is 9.59 Å². The van der Waals surface area contributed by atoms with E-state index in [2.05, 4.69) is 54.4 Å². The van der Waals surface area contributed by atoms with Crippen LogP contribution < -0.4 is 10.2 Å². The Labute approximate surface area is 289 Å². The van der Waals surface area contributed by atoms with E-state index in [4.69, 9.17) is 24.5 Å². The first kappa shape index (κ1) is 39.2. The topological polar surface area (TPSA) is 166 Å². The van der Waals surface area contributed by atoms with Crippen LogP contribution in [0.2, 0.25) is 0 Å². The lowest BCUT2D eigenvalue weighted by atomic mass is 10.2. The van der Waals surface area contributed by atoms with Crippen molar-refractivity contribution >= 4 is 29.1 Å². The lowest BCUT2D eigenvalue weighted by Crippen LogP contribution is -2.51. The van der Waals surface area contributed by atoms with Gasteiger partial charge in [-0.2, -0.15) is 10.2 Å². The van der Waals surface area contributed by atoms with E-state index < -0.39 is 5.60 Å². The van der Waals surface area contributed by atoms with Gasteiger partial charge in [-0.1, -0.05) is 5.11 Å². The predicted octanol–water partition coefficient (Wildman–Crippen LogP) is 5.57. The van der Waals surface area contributed by atoms with Gasteiger partial charge in [0.15, 0.2) is 0 Å². The van der Waals surface area contributed by atoms with E-state index in [0.717, 1.165) is 44.1 Å². The van der Waals surface area contributed by atoms with Gasteiger partial charge in [0.25, 0.3) is 5.91 Å². The molecule has 0 unspecified atom stereocenters. The molecule has 2 aromatic rings. The maximum atomic E-state index is 12.5. The Morgan fingerprint density at radius 2 is 1.43 bits per heavy atom. The number of anilines is 1. The maximum absolute atomic E-state index is 12.5. The highest BCUT2D eigenvalue weighted by Crippen LogP contribution is 2.23. The van der Waals surface area contributed by atoms with Crippen LogP contribution >= 0.6 is 0 Å². The molecule has 0 radical (unpaired) electrons. The Bertz CT molecular complexity index is 1340. The summed E-state index contributed by atoms with van der Waals surface area (Å²) < 4.78 is 21.6. The number of amides is 2. The van der Waals surface area contributed by atoms with Crippen molar-refractivity contribution in [2.45, 2.75) is 33.3 Å². The highest BCUT2D eigenvalue weighted by atomic mass is 16.6. The molecule has 268 valence electrons. The smallest absolute Gasteiger partial charge is 0.410 e. The molecule has 0 bridgehead atoms. The molecule has 0 saturated carbocycles. The number of azide groups is 1. The lowest BCUT2D eigenvalue weighted by Gasteiger charge is -2.36. The molecule has 1 aliphatic heterocycles. The molecular formula is C34H51N9O6. The van der Waals surface area contributed by atoms with Crippen LogP contribution in [0.1, 0.15) is 38.1 Å². The van der Waals surface area contributed by atoms with Gasteiger partial charge in [-0.25, -0.2) is 4.79 Å². The van der Waals surface area contributed by atoms with Gasteiger partial charge < -0.3 is 34.1 Å². The normalized spacial score (nSPS) is 13.7. The van der Waals surface area contributed by atoms with Crippen molar-refractivity contribution in [3.05, 3.63) is 64.5 Å². The first-order valence-electron chi connectivity index (χ1n) is 16.8. The fourth-order valence-electron chi connectivity index (χ4n) is 4.77. The van der Waals surface area contributed by atoms with Gasteiger partial charge in [0.2, 0.25) is 0 Å². The Balaban J connectivity index is 1.31. The first-order valence-corrected chi connectivity index (χ1v) is 16.8. The Morgan fingerprint density at radius 3 is 2.00 bits per heavy atom. The van der Waals surface area contributed by atoms with Crippen molar-refractivity contribution in [3.63, 3.8) is 0 Å². The highest BCUT2D eigenvalue weighted by Gasteiger charge is 2.25. The second-order valence-electron chi connectivity index (χ2n) is 12.2. The zero-order valence-electron chi connectivity index (χ0n) is 29.3. The molecule has 1 fully saturated rings.